The van der Waals surface area contributed by atoms with Gasteiger partial charge in [-0.2, -0.15) is 4.98 Å². The zero-order valence-corrected chi connectivity index (χ0v) is 15.4. The molecule has 1 atom stereocenters. The van der Waals surface area contributed by atoms with Crippen LogP contribution in [0, 0.1) is 0 Å². The molecule has 5 nitrogen and oxygen atoms in total. The highest BCUT2D eigenvalue weighted by molar-refractivity contribution is 7.99. The number of aromatic nitrogens is 3. The molecular weight excluding hydrogens is 356 g/mol. The van der Waals surface area contributed by atoms with Gasteiger partial charge < -0.3 is 10.1 Å². The third-order valence-corrected chi connectivity index (χ3v) is 4.78. The average Bonchev–Trinajstić information content (AvgIpc) is 2.87. The van der Waals surface area contributed by atoms with Gasteiger partial charge in [-0.15, -0.1) is 16.8 Å². The Bertz CT molecular complexity index is 975. The third-order valence-electron chi connectivity index (χ3n) is 3.95. The summed E-state index contributed by atoms with van der Waals surface area (Å²) in [5.74, 6) is 1.18. The van der Waals surface area contributed by atoms with Crippen LogP contribution in [0.25, 0.3) is 17.3 Å². The van der Waals surface area contributed by atoms with E-state index in [2.05, 4.69) is 27.1 Å². The smallest absolute Gasteiger partial charge is 0.247 e. The van der Waals surface area contributed by atoms with E-state index in [1.807, 2.05) is 72.8 Å². The molecule has 2 heterocycles. The Balaban J connectivity index is 1.70. The quantitative estimate of drug-likeness (QED) is 0.518. The minimum atomic E-state index is -0.374. The monoisotopic (exact) mass is 374 g/mol. The van der Waals surface area contributed by atoms with E-state index in [9.17, 15) is 0 Å². The van der Waals surface area contributed by atoms with Crippen molar-refractivity contribution in [1.82, 2.24) is 15.2 Å². The van der Waals surface area contributed by atoms with Crippen LogP contribution in [0.4, 0.5) is 5.69 Å². The van der Waals surface area contributed by atoms with E-state index in [1.165, 1.54) is 11.8 Å². The number of thioether (sulfide) groups is 1. The van der Waals surface area contributed by atoms with Crippen molar-refractivity contribution in [3.05, 3.63) is 78.9 Å². The molecule has 0 spiro atoms. The van der Waals surface area contributed by atoms with Crippen molar-refractivity contribution in [1.29, 1.82) is 0 Å². The van der Waals surface area contributed by atoms with Gasteiger partial charge in [-0.3, -0.25) is 0 Å². The van der Waals surface area contributed by atoms with Crippen LogP contribution in [0.15, 0.2) is 78.5 Å². The van der Waals surface area contributed by atoms with E-state index >= 15 is 0 Å². The lowest BCUT2D eigenvalue weighted by atomic mass is 10.1. The fourth-order valence-electron chi connectivity index (χ4n) is 2.71. The minimum absolute atomic E-state index is 0.374. The van der Waals surface area contributed by atoms with E-state index in [0.29, 0.717) is 22.5 Å². The van der Waals surface area contributed by atoms with Crippen LogP contribution >= 0.6 is 11.8 Å². The summed E-state index contributed by atoms with van der Waals surface area (Å²) in [6.07, 6.45) is 5.43. The predicted octanol–water partition coefficient (Wildman–Crippen LogP) is 4.66. The predicted molar refractivity (Wildman–Crippen MR) is 110 cm³/mol. The minimum Gasteiger partial charge on any atom is -0.448 e. The highest BCUT2D eigenvalue weighted by Crippen LogP contribution is 2.36. The molecule has 0 saturated carbocycles. The van der Waals surface area contributed by atoms with E-state index in [0.717, 1.165) is 16.8 Å². The molecule has 0 radical (unpaired) electrons. The number of fused-ring (bicyclic) bond motifs is 3. The summed E-state index contributed by atoms with van der Waals surface area (Å²) in [5, 5.41) is 12.6. The Hall–Kier alpha value is -3.12. The van der Waals surface area contributed by atoms with Crippen molar-refractivity contribution < 1.29 is 4.74 Å². The summed E-state index contributed by atoms with van der Waals surface area (Å²) in [7, 11) is 0. The van der Waals surface area contributed by atoms with E-state index in [-0.39, 0.29) is 6.23 Å². The molecule has 0 saturated heterocycles. The first-order valence-corrected chi connectivity index (χ1v) is 9.56. The van der Waals surface area contributed by atoms with Crippen molar-refractivity contribution in [2.45, 2.75) is 11.4 Å². The molecule has 4 rings (SSSR count). The highest BCUT2D eigenvalue weighted by Gasteiger charge is 2.23. The number of nitrogens with one attached hydrogen (secondary N) is 1. The second-order valence-electron chi connectivity index (χ2n) is 5.85. The zero-order chi connectivity index (χ0) is 18.5. The molecule has 1 aliphatic rings. The molecular formula is C21H18N4OS. The fraction of sp³-hybridized carbons (Fsp3) is 0.0952. The fourth-order valence-corrected chi connectivity index (χ4v) is 3.23. The van der Waals surface area contributed by atoms with Gasteiger partial charge in [0, 0.05) is 17.0 Å². The maximum absolute atomic E-state index is 6.13. The molecule has 6 heteroatoms. The number of hydrogen-bond acceptors (Lipinski definition) is 6. The van der Waals surface area contributed by atoms with Crippen LogP contribution in [-0.2, 0) is 0 Å². The first-order valence-electron chi connectivity index (χ1n) is 8.58. The Kier molecular flexibility index (Phi) is 5.16. The van der Waals surface area contributed by atoms with Crippen molar-refractivity contribution in [2.75, 3.05) is 11.1 Å². The lowest BCUT2D eigenvalue weighted by Crippen LogP contribution is -2.23. The maximum Gasteiger partial charge on any atom is 0.247 e. The summed E-state index contributed by atoms with van der Waals surface area (Å²) >= 11 is 1.47. The molecule has 1 N–H and O–H groups in total. The molecule has 0 aliphatic carbocycles. The largest absolute Gasteiger partial charge is 0.448 e. The number of ether oxygens (including phenoxy) is 1. The maximum atomic E-state index is 6.13. The third kappa shape index (κ3) is 4.01. The zero-order valence-electron chi connectivity index (χ0n) is 14.6. The number of nitrogens with zero attached hydrogens (tertiary/aromatic N) is 3. The molecule has 0 unspecified atom stereocenters. The first kappa shape index (κ1) is 17.3. The number of anilines is 1. The summed E-state index contributed by atoms with van der Waals surface area (Å²) in [4.78, 5) is 4.56. The van der Waals surface area contributed by atoms with Crippen LogP contribution in [-0.4, -0.2) is 27.2 Å². The number of hydrogen-bond donors (Lipinski definition) is 1. The molecule has 1 aliphatic heterocycles. The van der Waals surface area contributed by atoms with Gasteiger partial charge in [0.05, 0.1) is 0 Å². The first-order chi connectivity index (χ1) is 13.3. The average molecular weight is 374 g/mol. The van der Waals surface area contributed by atoms with Crippen molar-refractivity contribution in [2.24, 2.45) is 0 Å². The van der Waals surface area contributed by atoms with Crippen molar-refractivity contribution in [3.63, 3.8) is 0 Å². The molecule has 0 fully saturated rings. The standard InChI is InChI=1S/C21H18N4OS/c1-2-14-27-21-23-20-19(24-25-21)16-10-6-7-11-17(16)22-18(26-20)13-12-15-8-4-3-5-9-15/h2-13,18,22H,1,14H2/b13-12+/t18-/m1/s1. The Morgan fingerprint density at radius 2 is 1.89 bits per heavy atom. The van der Waals surface area contributed by atoms with Gasteiger partial charge in [0.1, 0.15) is 0 Å². The van der Waals surface area contributed by atoms with Gasteiger partial charge in [0.2, 0.25) is 11.0 Å². The van der Waals surface area contributed by atoms with Gasteiger partial charge >= 0.3 is 0 Å². The summed E-state index contributed by atoms with van der Waals surface area (Å²) in [5.41, 5.74) is 3.59. The second-order valence-corrected chi connectivity index (χ2v) is 6.83. The molecule has 134 valence electrons. The molecule has 0 amide bonds. The van der Waals surface area contributed by atoms with E-state index < -0.39 is 0 Å². The Morgan fingerprint density at radius 3 is 2.74 bits per heavy atom. The highest BCUT2D eigenvalue weighted by atomic mass is 32.2. The lowest BCUT2D eigenvalue weighted by Gasteiger charge is -2.15. The van der Waals surface area contributed by atoms with Crippen LogP contribution in [0.2, 0.25) is 0 Å². The number of para-hydroxylation sites is 1. The normalized spacial score (nSPS) is 15.2. The van der Waals surface area contributed by atoms with Crippen molar-refractivity contribution in [3.8, 4) is 17.1 Å². The molecule has 27 heavy (non-hydrogen) atoms. The number of rotatable bonds is 5. The van der Waals surface area contributed by atoms with Gasteiger partial charge in [-0.25, -0.2) is 0 Å². The van der Waals surface area contributed by atoms with Crippen LogP contribution in [0.3, 0.4) is 0 Å². The topological polar surface area (TPSA) is 59.9 Å². The summed E-state index contributed by atoms with van der Waals surface area (Å²) in [6, 6.07) is 18.0. The Morgan fingerprint density at radius 1 is 1.07 bits per heavy atom. The summed E-state index contributed by atoms with van der Waals surface area (Å²) in [6.45, 7) is 3.73. The SMILES string of the molecule is C=CCSc1nnc2c(n1)O[C@H](/C=C/c1ccccc1)Nc1ccccc1-2. The van der Waals surface area contributed by atoms with Crippen LogP contribution < -0.4 is 10.1 Å². The van der Waals surface area contributed by atoms with Gasteiger partial charge in [-0.1, -0.05) is 72.4 Å². The molecule has 2 aromatic carbocycles. The van der Waals surface area contributed by atoms with Crippen molar-refractivity contribution >= 4 is 23.5 Å². The lowest BCUT2D eigenvalue weighted by molar-refractivity contribution is 0.266. The molecule has 3 aromatic rings. The Labute approximate surface area is 162 Å². The molecule has 1 aromatic heterocycles. The van der Waals surface area contributed by atoms with E-state index in [1.54, 1.807) is 0 Å². The van der Waals surface area contributed by atoms with E-state index in [4.69, 9.17) is 4.74 Å². The molecule has 0 bridgehead atoms. The second kappa shape index (κ2) is 8.05. The van der Waals surface area contributed by atoms with Gasteiger partial charge in [0.15, 0.2) is 11.9 Å². The van der Waals surface area contributed by atoms with Gasteiger partial charge in [0.25, 0.3) is 0 Å². The number of benzene rings is 2. The van der Waals surface area contributed by atoms with Crippen LogP contribution in [0.5, 0.6) is 5.88 Å². The van der Waals surface area contributed by atoms with Crippen LogP contribution in [0.1, 0.15) is 5.56 Å². The van der Waals surface area contributed by atoms with Gasteiger partial charge in [-0.05, 0) is 17.7 Å². The summed E-state index contributed by atoms with van der Waals surface area (Å²) < 4.78 is 6.13.